The van der Waals surface area contributed by atoms with Gasteiger partial charge in [-0.3, -0.25) is 4.79 Å². The highest BCUT2D eigenvalue weighted by atomic mass is 32.2. The number of amides is 1. The first kappa shape index (κ1) is 12.3. The Hall–Kier alpha value is -0.750. The van der Waals surface area contributed by atoms with Gasteiger partial charge in [-0.15, -0.1) is 0 Å². The van der Waals surface area contributed by atoms with Crippen molar-refractivity contribution in [3.63, 3.8) is 0 Å². The van der Waals surface area contributed by atoms with Crippen LogP contribution in [-0.2, 0) is 14.3 Å². The van der Waals surface area contributed by atoms with E-state index in [1.165, 1.54) is 18.9 Å². The molecule has 1 atom stereocenters. The van der Waals surface area contributed by atoms with E-state index in [0.29, 0.717) is 18.8 Å². The van der Waals surface area contributed by atoms with E-state index < -0.39 is 6.04 Å². The van der Waals surface area contributed by atoms with Crippen LogP contribution in [0.25, 0.3) is 0 Å². The van der Waals surface area contributed by atoms with Crippen molar-refractivity contribution in [2.24, 2.45) is 0 Å². The van der Waals surface area contributed by atoms with Gasteiger partial charge in [0.15, 0.2) is 0 Å². The fraction of sp³-hybridized carbons (Fsp3) is 0.778. The zero-order valence-electron chi connectivity index (χ0n) is 8.99. The number of hydrogen-bond acceptors (Lipinski definition) is 5. The predicted molar refractivity (Wildman–Crippen MR) is 58.8 cm³/mol. The standard InChI is InChI=1S/C9H16N2O3S/c1-14-9(13)7-5-10-3-4-11(7)8(12)6-15-2/h7,10H,3-6H2,1-2H3/t7-/m1/s1. The molecule has 1 saturated heterocycles. The molecule has 5 nitrogen and oxygen atoms in total. The Morgan fingerprint density at radius 1 is 1.60 bits per heavy atom. The van der Waals surface area contributed by atoms with Crippen LogP contribution in [0.4, 0.5) is 0 Å². The molecule has 0 unspecified atom stereocenters. The van der Waals surface area contributed by atoms with E-state index in [1.54, 1.807) is 4.90 Å². The molecule has 0 aromatic heterocycles. The van der Waals surface area contributed by atoms with Gasteiger partial charge in [-0.25, -0.2) is 4.79 Å². The zero-order valence-corrected chi connectivity index (χ0v) is 9.80. The van der Waals surface area contributed by atoms with Crippen LogP contribution in [-0.4, -0.2) is 61.6 Å². The number of carbonyl (C=O) groups excluding carboxylic acids is 2. The number of ether oxygens (including phenoxy) is 1. The molecule has 0 radical (unpaired) electrons. The fourth-order valence-electron chi connectivity index (χ4n) is 1.56. The Morgan fingerprint density at radius 3 is 2.93 bits per heavy atom. The van der Waals surface area contributed by atoms with Gasteiger partial charge < -0.3 is 15.0 Å². The maximum absolute atomic E-state index is 11.7. The van der Waals surface area contributed by atoms with Crippen molar-refractivity contribution in [3.05, 3.63) is 0 Å². The van der Waals surface area contributed by atoms with Crippen molar-refractivity contribution < 1.29 is 14.3 Å². The molecular weight excluding hydrogens is 216 g/mol. The van der Waals surface area contributed by atoms with Crippen LogP contribution in [0, 0.1) is 0 Å². The number of thioether (sulfide) groups is 1. The quantitative estimate of drug-likeness (QED) is 0.654. The minimum absolute atomic E-state index is 0.000556. The van der Waals surface area contributed by atoms with Gasteiger partial charge in [0, 0.05) is 19.6 Å². The lowest BCUT2D eigenvalue weighted by atomic mass is 10.2. The number of methoxy groups -OCH3 is 1. The predicted octanol–water partition coefficient (Wildman–Crippen LogP) is -0.677. The Bertz CT molecular complexity index is 248. The molecule has 0 aromatic rings. The second-order valence-electron chi connectivity index (χ2n) is 3.26. The minimum atomic E-state index is -0.469. The fourth-order valence-corrected chi connectivity index (χ4v) is 1.97. The number of carbonyl (C=O) groups is 2. The Kier molecular flexibility index (Phi) is 4.90. The van der Waals surface area contributed by atoms with Gasteiger partial charge in [0.25, 0.3) is 0 Å². The first-order valence-electron chi connectivity index (χ1n) is 4.77. The van der Waals surface area contributed by atoms with Crippen molar-refractivity contribution in [2.75, 3.05) is 38.8 Å². The lowest BCUT2D eigenvalue weighted by Gasteiger charge is -2.34. The summed E-state index contributed by atoms with van der Waals surface area (Å²) in [4.78, 5) is 24.7. The summed E-state index contributed by atoms with van der Waals surface area (Å²) < 4.78 is 4.67. The van der Waals surface area contributed by atoms with E-state index in [4.69, 9.17) is 0 Å². The van der Waals surface area contributed by atoms with Crippen molar-refractivity contribution >= 4 is 23.6 Å². The number of nitrogens with one attached hydrogen (secondary N) is 1. The second-order valence-corrected chi connectivity index (χ2v) is 4.13. The molecule has 1 amide bonds. The smallest absolute Gasteiger partial charge is 0.329 e. The molecule has 1 aliphatic rings. The Balaban J connectivity index is 2.65. The van der Waals surface area contributed by atoms with Crippen LogP contribution in [0.1, 0.15) is 0 Å². The molecule has 1 rings (SSSR count). The van der Waals surface area contributed by atoms with Crippen LogP contribution < -0.4 is 5.32 Å². The van der Waals surface area contributed by atoms with Crippen LogP contribution >= 0.6 is 11.8 Å². The number of piperazine rings is 1. The molecule has 1 heterocycles. The number of nitrogens with zero attached hydrogens (tertiary/aromatic N) is 1. The summed E-state index contributed by atoms with van der Waals surface area (Å²) in [5, 5.41) is 3.08. The van der Waals surface area contributed by atoms with E-state index in [1.807, 2.05) is 6.26 Å². The molecule has 1 aliphatic heterocycles. The first-order valence-corrected chi connectivity index (χ1v) is 6.17. The monoisotopic (exact) mass is 232 g/mol. The highest BCUT2D eigenvalue weighted by molar-refractivity contribution is 7.99. The minimum Gasteiger partial charge on any atom is -0.467 e. The van der Waals surface area contributed by atoms with Crippen molar-refractivity contribution in [1.82, 2.24) is 10.2 Å². The summed E-state index contributed by atoms with van der Waals surface area (Å²) in [6, 6.07) is -0.469. The van der Waals surface area contributed by atoms with Gasteiger partial charge in [0.2, 0.25) is 5.91 Å². The van der Waals surface area contributed by atoms with Gasteiger partial charge in [0.05, 0.1) is 12.9 Å². The largest absolute Gasteiger partial charge is 0.467 e. The van der Waals surface area contributed by atoms with Crippen LogP contribution in [0.2, 0.25) is 0 Å². The summed E-state index contributed by atoms with van der Waals surface area (Å²) in [6.07, 6.45) is 1.87. The van der Waals surface area contributed by atoms with Crippen molar-refractivity contribution in [3.8, 4) is 0 Å². The third kappa shape index (κ3) is 3.10. The molecule has 0 spiro atoms. The van der Waals surface area contributed by atoms with Gasteiger partial charge in [-0.1, -0.05) is 0 Å². The molecule has 0 aromatic carbocycles. The van der Waals surface area contributed by atoms with Crippen LogP contribution in [0.5, 0.6) is 0 Å². The molecule has 0 saturated carbocycles. The maximum Gasteiger partial charge on any atom is 0.329 e. The van der Waals surface area contributed by atoms with Crippen molar-refractivity contribution in [1.29, 1.82) is 0 Å². The summed E-state index contributed by atoms with van der Waals surface area (Å²) >= 11 is 1.46. The van der Waals surface area contributed by atoms with Gasteiger partial charge in [0.1, 0.15) is 6.04 Å². The van der Waals surface area contributed by atoms with Crippen molar-refractivity contribution in [2.45, 2.75) is 6.04 Å². The highest BCUT2D eigenvalue weighted by Crippen LogP contribution is 2.08. The molecule has 86 valence electrons. The maximum atomic E-state index is 11.7. The van der Waals surface area contributed by atoms with Gasteiger partial charge in [-0.2, -0.15) is 11.8 Å². The van der Waals surface area contributed by atoms with Crippen LogP contribution in [0.15, 0.2) is 0 Å². The lowest BCUT2D eigenvalue weighted by molar-refractivity contribution is -0.152. The molecule has 0 aliphatic carbocycles. The Labute approximate surface area is 93.5 Å². The third-order valence-corrected chi connectivity index (χ3v) is 2.84. The lowest BCUT2D eigenvalue weighted by Crippen LogP contribution is -2.57. The normalized spacial score (nSPS) is 21.2. The summed E-state index contributed by atoms with van der Waals surface area (Å²) in [5.41, 5.74) is 0. The van der Waals surface area contributed by atoms with E-state index in [-0.39, 0.29) is 11.9 Å². The molecule has 15 heavy (non-hydrogen) atoms. The molecule has 1 N–H and O–H groups in total. The average Bonchev–Trinajstić information content (AvgIpc) is 2.28. The molecule has 6 heteroatoms. The third-order valence-electron chi connectivity index (χ3n) is 2.30. The van der Waals surface area contributed by atoms with E-state index in [9.17, 15) is 9.59 Å². The highest BCUT2D eigenvalue weighted by Gasteiger charge is 2.32. The van der Waals surface area contributed by atoms with E-state index in [0.717, 1.165) is 6.54 Å². The molecular formula is C9H16N2O3S. The zero-order chi connectivity index (χ0) is 11.3. The number of esters is 1. The second kappa shape index (κ2) is 5.97. The number of hydrogen-bond donors (Lipinski definition) is 1. The summed E-state index contributed by atoms with van der Waals surface area (Å²) in [7, 11) is 1.34. The van der Waals surface area contributed by atoms with Gasteiger partial charge >= 0.3 is 5.97 Å². The topological polar surface area (TPSA) is 58.6 Å². The van der Waals surface area contributed by atoms with E-state index in [2.05, 4.69) is 10.1 Å². The first-order chi connectivity index (χ1) is 7.20. The Morgan fingerprint density at radius 2 is 2.33 bits per heavy atom. The average molecular weight is 232 g/mol. The molecule has 0 bridgehead atoms. The summed E-state index contributed by atoms with van der Waals surface area (Å²) in [6.45, 7) is 1.78. The van der Waals surface area contributed by atoms with E-state index >= 15 is 0 Å². The SMILES string of the molecule is COC(=O)[C@H]1CNCCN1C(=O)CSC. The van der Waals surface area contributed by atoms with Gasteiger partial charge in [-0.05, 0) is 6.26 Å². The number of rotatable bonds is 3. The molecule has 1 fully saturated rings. The van der Waals surface area contributed by atoms with Crippen LogP contribution in [0.3, 0.4) is 0 Å². The summed E-state index contributed by atoms with van der Waals surface area (Å²) in [5.74, 6) is 0.0593.